The highest BCUT2D eigenvalue weighted by atomic mass is 35.5. The molecule has 0 bridgehead atoms. The Hall–Kier alpha value is -0.800. The van der Waals surface area contributed by atoms with Crippen LogP contribution in [-0.2, 0) is 0 Å². The third-order valence-corrected chi connectivity index (χ3v) is 3.60. The monoisotopic (exact) mass is 350 g/mol. The van der Waals surface area contributed by atoms with Crippen LogP contribution >= 0.6 is 46.4 Å². The maximum absolute atomic E-state index is 5.98. The fourth-order valence-corrected chi connectivity index (χ4v) is 2.54. The number of benzene rings is 2. The topological polar surface area (TPSA) is 18.5 Å². The normalized spacial score (nSPS) is 10.4. The van der Waals surface area contributed by atoms with Crippen LogP contribution in [0.25, 0.3) is 0 Å². The minimum atomic E-state index is 0.269. The van der Waals surface area contributed by atoms with Gasteiger partial charge in [0.25, 0.3) is 0 Å². The Balaban J connectivity index is 1.91. The Labute approximate surface area is 137 Å². The Bertz CT molecular complexity index is 508. The molecule has 2 nitrogen and oxygen atoms in total. The number of halogens is 4. The van der Waals surface area contributed by atoms with Crippen LogP contribution in [0.5, 0.6) is 11.5 Å². The van der Waals surface area contributed by atoms with Gasteiger partial charge in [-0.2, -0.15) is 0 Å². The molecule has 0 fully saturated rings. The molecule has 0 spiro atoms. The van der Waals surface area contributed by atoms with Crippen LogP contribution < -0.4 is 9.47 Å². The molecule has 6 heteroatoms. The van der Waals surface area contributed by atoms with Gasteiger partial charge in [-0.05, 0) is 24.3 Å². The van der Waals surface area contributed by atoms with Crippen molar-refractivity contribution in [2.75, 3.05) is 13.2 Å². The van der Waals surface area contributed by atoms with Gasteiger partial charge in [0, 0.05) is 0 Å². The van der Waals surface area contributed by atoms with E-state index < -0.39 is 0 Å². The molecule has 0 saturated heterocycles. The van der Waals surface area contributed by atoms with Crippen LogP contribution in [0.4, 0.5) is 0 Å². The fourth-order valence-electron chi connectivity index (χ4n) is 1.53. The molecule has 0 saturated carbocycles. The lowest BCUT2D eigenvalue weighted by atomic mass is 10.3. The zero-order valence-corrected chi connectivity index (χ0v) is 13.2. The summed E-state index contributed by atoms with van der Waals surface area (Å²) in [6, 6.07) is 10.3. The minimum absolute atomic E-state index is 0.269. The van der Waals surface area contributed by atoms with Crippen LogP contribution in [0.2, 0.25) is 20.1 Å². The van der Waals surface area contributed by atoms with Gasteiger partial charge in [0.1, 0.15) is 13.2 Å². The molecule has 0 amide bonds. The summed E-state index contributed by atoms with van der Waals surface area (Å²) in [5.74, 6) is 0.870. The molecular weight excluding hydrogens is 342 g/mol. The predicted octanol–water partition coefficient (Wildman–Crippen LogP) is 5.76. The molecule has 0 aromatic heterocycles. The summed E-state index contributed by atoms with van der Waals surface area (Å²) in [5, 5.41) is 1.81. The lowest BCUT2D eigenvalue weighted by Gasteiger charge is -2.12. The quantitative estimate of drug-likeness (QED) is 0.637. The summed E-state index contributed by atoms with van der Waals surface area (Å²) in [7, 11) is 0. The van der Waals surface area contributed by atoms with E-state index in [1.165, 1.54) is 0 Å². The van der Waals surface area contributed by atoms with Crippen molar-refractivity contribution >= 4 is 46.4 Å². The van der Waals surface area contributed by atoms with E-state index in [9.17, 15) is 0 Å². The van der Waals surface area contributed by atoms with E-state index in [1.54, 1.807) is 36.4 Å². The molecule has 20 heavy (non-hydrogen) atoms. The second kappa shape index (κ2) is 7.28. The van der Waals surface area contributed by atoms with Gasteiger partial charge in [0.2, 0.25) is 0 Å². The smallest absolute Gasteiger partial charge is 0.156 e. The van der Waals surface area contributed by atoms with Crippen molar-refractivity contribution in [3.8, 4) is 11.5 Å². The Morgan fingerprint density at radius 2 is 0.900 bits per heavy atom. The van der Waals surface area contributed by atoms with Gasteiger partial charge in [-0.15, -0.1) is 0 Å². The van der Waals surface area contributed by atoms with Crippen LogP contribution in [0.15, 0.2) is 36.4 Å². The summed E-state index contributed by atoms with van der Waals surface area (Å²) < 4.78 is 11.0. The molecule has 0 aliphatic carbocycles. The summed E-state index contributed by atoms with van der Waals surface area (Å²) in [6.45, 7) is 0.538. The first kappa shape index (κ1) is 15.6. The molecule has 0 radical (unpaired) electrons. The molecule has 0 unspecified atom stereocenters. The summed E-state index contributed by atoms with van der Waals surface area (Å²) in [5.41, 5.74) is 0. The molecule has 0 atom stereocenters. The second-order valence-corrected chi connectivity index (χ2v) is 5.43. The first-order valence-electron chi connectivity index (χ1n) is 5.73. The van der Waals surface area contributed by atoms with Gasteiger partial charge in [-0.1, -0.05) is 58.5 Å². The predicted molar refractivity (Wildman–Crippen MR) is 83.9 cm³/mol. The first-order chi connectivity index (χ1) is 9.59. The van der Waals surface area contributed by atoms with Crippen molar-refractivity contribution < 1.29 is 9.47 Å². The lowest BCUT2D eigenvalue weighted by molar-refractivity contribution is 0.217. The van der Waals surface area contributed by atoms with Crippen LogP contribution in [-0.4, -0.2) is 13.2 Å². The van der Waals surface area contributed by atoms with Crippen molar-refractivity contribution in [3.05, 3.63) is 56.5 Å². The number of ether oxygens (including phenoxy) is 2. The number of hydrogen-bond donors (Lipinski definition) is 0. The van der Waals surface area contributed by atoms with Gasteiger partial charge in [-0.3, -0.25) is 0 Å². The Kier molecular flexibility index (Phi) is 5.67. The summed E-state index contributed by atoms with van der Waals surface area (Å²) in [6.07, 6.45) is 0. The molecule has 2 aromatic carbocycles. The van der Waals surface area contributed by atoms with E-state index in [0.29, 0.717) is 31.6 Å². The molecule has 0 heterocycles. The molecule has 2 aromatic rings. The van der Waals surface area contributed by atoms with Crippen LogP contribution in [0, 0.1) is 0 Å². The van der Waals surface area contributed by atoms with E-state index in [1.807, 2.05) is 0 Å². The third-order valence-electron chi connectivity index (χ3n) is 2.41. The zero-order chi connectivity index (χ0) is 14.5. The average molecular weight is 352 g/mol. The molecule has 0 aliphatic heterocycles. The second-order valence-electron chi connectivity index (χ2n) is 3.80. The van der Waals surface area contributed by atoms with E-state index in [4.69, 9.17) is 55.9 Å². The van der Waals surface area contributed by atoms with E-state index >= 15 is 0 Å². The van der Waals surface area contributed by atoms with Crippen LogP contribution in [0.3, 0.4) is 0 Å². The van der Waals surface area contributed by atoms with Crippen molar-refractivity contribution in [2.45, 2.75) is 0 Å². The van der Waals surface area contributed by atoms with Crippen molar-refractivity contribution in [1.82, 2.24) is 0 Å². The van der Waals surface area contributed by atoms with Gasteiger partial charge in [0.15, 0.2) is 11.5 Å². The van der Waals surface area contributed by atoms with Crippen LogP contribution in [0.1, 0.15) is 0 Å². The molecule has 2 rings (SSSR count). The van der Waals surface area contributed by atoms with Crippen molar-refractivity contribution in [1.29, 1.82) is 0 Å². The van der Waals surface area contributed by atoms with E-state index in [0.717, 1.165) is 0 Å². The maximum atomic E-state index is 5.98. The number of para-hydroxylation sites is 2. The third kappa shape index (κ3) is 3.86. The number of rotatable bonds is 5. The van der Waals surface area contributed by atoms with Gasteiger partial charge < -0.3 is 9.47 Å². The minimum Gasteiger partial charge on any atom is -0.487 e. The SMILES string of the molecule is Clc1cccc(Cl)c1OCCOc1c(Cl)cccc1Cl. The summed E-state index contributed by atoms with van der Waals surface area (Å²) >= 11 is 23.9. The average Bonchev–Trinajstić information content (AvgIpc) is 2.40. The number of hydrogen-bond acceptors (Lipinski definition) is 2. The fraction of sp³-hybridized carbons (Fsp3) is 0.143. The highest BCUT2D eigenvalue weighted by Crippen LogP contribution is 2.33. The first-order valence-corrected chi connectivity index (χ1v) is 7.24. The summed E-state index contributed by atoms with van der Waals surface area (Å²) in [4.78, 5) is 0. The molecule has 0 N–H and O–H groups in total. The van der Waals surface area contributed by atoms with E-state index in [-0.39, 0.29) is 13.2 Å². The largest absolute Gasteiger partial charge is 0.487 e. The van der Waals surface area contributed by atoms with Crippen molar-refractivity contribution in [3.63, 3.8) is 0 Å². The zero-order valence-electron chi connectivity index (χ0n) is 10.2. The molecular formula is C14H10Cl4O2. The highest BCUT2D eigenvalue weighted by molar-refractivity contribution is 6.37. The molecule has 106 valence electrons. The van der Waals surface area contributed by atoms with Crippen molar-refractivity contribution in [2.24, 2.45) is 0 Å². The standard InChI is InChI=1S/C14H10Cl4O2/c15-9-3-1-4-10(16)13(9)19-7-8-20-14-11(17)5-2-6-12(14)18/h1-6H,7-8H2. The maximum Gasteiger partial charge on any atom is 0.156 e. The van der Waals surface area contributed by atoms with Gasteiger partial charge >= 0.3 is 0 Å². The highest BCUT2D eigenvalue weighted by Gasteiger charge is 2.08. The molecule has 0 aliphatic rings. The lowest BCUT2D eigenvalue weighted by Crippen LogP contribution is -2.10. The van der Waals surface area contributed by atoms with Gasteiger partial charge in [-0.25, -0.2) is 0 Å². The Morgan fingerprint density at radius 1 is 0.600 bits per heavy atom. The van der Waals surface area contributed by atoms with Gasteiger partial charge in [0.05, 0.1) is 20.1 Å². The van der Waals surface area contributed by atoms with E-state index in [2.05, 4.69) is 0 Å². The Morgan fingerprint density at radius 3 is 1.20 bits per heavy atom.